The minimum Gasteiger partial charge on any atom is -0.383 e. The summed E-state index contributed by atoms with van der Waals surface area (Å²) in [7, 11) is 3.46. The van der Waals surface area contributed by atoms with Crippen molar-refractivity contribution in [3.8, 4) is 0 Å². The number of amides is 1. The third kappa shape index (κ3) is 7.65. The van der Waals surface area contributed by atoms with Gasteiger partial charge in [-0.1, -0.05) is 12.8 Å². The maximum atomic E-state index is 12.4. The molecular formula is C17H34IN5O2. The zero-order valence-corrected chi connectivity index (χ0v) is 18.0. The van der Waals surface area contributed by atoms with Gasteiger partial charge in [0, 0.05) is 65.9 Å². The van der Waals surface area contributed by atoms with Crippen LogP contribution in [-0.4, -0.2) is 88.2 Å². The fourth-order valence-corrected chi connectivity index (χ4v) is 3.45. The summed E-state index contributed by atoms with van der Waals surface area (Å²) in [4.78, 5) is 21.1. The SMILES string of the molecule is CN=C(NCCOC)NCCN1CCN(C(=O)C2CCCC2)CC1.I. The first-order valence-corrected chi connectivity index (χ1v) is 9.19. The number of carbonyl (C=O) groups is 1. The number of piperazine rings is 1. The van der Waals surface area contributed by atoms with Crippen LogP contribution in [0.15, 0.2) is 4.99 Å². The average molecular weight is 467 g/mol. The van der Waals surface area contributed by atoms with Crippen LogP contribution < -0.4 is 10.6 Å². The summed E-state index contributed by atoms with van der Waals surface area (Å²) >= 11 is 0. The van der Waals surface area contributed by atoms with Gasteiger partial charge in [0.1, 0.15) is 0 Å². The van der Waals surface area contributed by atoms with Crippen LogP contribution in [0.25, 0.3) is 0 Å². The van der Waals surface area contributed by atoms with E-state index in [-0.39, 0.29) is 24.0 Å². The van der Waals surface area contributed by atoms with Crippen molar-refractivity contribution in [2.45, 2.75) is 25.7 Å². The summed E-state index contributed by atoms with van der Waals surface area (Å²) in [6.07, 6.45) is 4.64. The van der Waals surface area contributed by atoms with E-state index in [1.165, 1.54) is 12.8 Å². The first-order valence-electron chi connectivity index (χ1n) is 9.19. The van der Waals surface area contributed by atoms with E-state index in [9.17, 15) is 4.79 Å². The van der Waals surface area contributed by atoms with Crippen LogP contribution in [-0.2, 0) is 9.53 Å². The minimum atomic E-state index is 0. The van der Waals surface area contributed by atoms with E-state index in [0.717, 1.165) is 64.6 Å². The molecule has 0 atom stereocenters. The molecule has 0 aromatic carbocycles. The maximum Gasteiger partial charge on any atom is 0.225 e. The molecule has 0 bridgehead atoms. The molecule has 0 aromatic heterocycles. The van der Waals surface area contributed by atoms with Crippen molar-refractivity contribution in [3.05, 3.63) is 0 Å². The Morgan fingerprint density at radius 1 is 1.12 bits per heavy atom. The number of carbonyl (C=O) groups excluding carboxylic acids is 1. The van der Waals surface area contributed by atoms with E-state index in [4.69, 9.17) is 4.74 Å². The molecule has 1 amide bonds. The summed E-state index contributed by atoms with van der Waals surface area (Å²) in [5.41, 5.74) is 0. The second-order valence-corrected chi connectivity index (χ2v) is 6.57. The van der Waals surface area contributed by atoms with Crippen molar-refractivity contribution in [2.75, 3.05) is 66.6 Å². The lowest BCUT2D eigenvalue weighted by Crippen LogP contribution is -2.52. The smallest absolute Gasteiger partial charge is 0.225 e. The summed E-state index contributed by atoms with van der Waals surface area (Å²) in [5.74, 6) is 1.51. The van der Waals surface area contributed by atoms with Gasteiger partial charge in [0.05, 0.1) is 6.61 Å². The number of aliphatic imine (C=N–C) groups is 1. The van der Waals surface area contributed by atoms with E-state index in [0.29, 0.717) is 18.4 Å². The summed E-state index contributed by atoms with van der Waals surface area (Å²) < 4.78 is 5.02. The lowest BCUT2D eigenvalue weighted by Gasteiger charge is -2.36. The number of methoxy groups -OCH3 is 1. The number of ether oxygens (including phenoxy) is 1. The predicted octanol–water partition coefficient (Wildman–Crippen LogP) is 0.750. The first kappa shape index (κ1) is 22.4. The Labute approximate surface area is 169 Å². The third-order valence-electron chi connectivity index (χ3n) is 4.93. The second-order valence-electron chi connectivity index (χ2n) is 6.57. The maximum absolute atomic E-state index is 12.4. The minimum absolute atomic E-state index is 0. The Morgan fingerprint density at radius 2 is 1.76 bits per heavy atom. The molecule has 1 saturated carbocycles. The van der Waals surface area contributed by atoms with Crippen LogP contribution in [0.2, 0.25) is 0 Å². The molecular weight excluding hydrogens is 433 g/mol. The molecule has 1 saturated heterocycles. The fraction of sp³-hybridized carbons (Fsp3) is 0.882. The van der Waals surface area contributed by atoms with Gasteiger partial charge in [-0.3, -0.25) is 14.7 Å². The van der Waals surface area contributed by atoms with Crippen molar-refractivity contribution in [2.24, 2.45) is 10.9 Å². The molecule has 2 rings (SSSR count). The van der Waals surface area contributed by atoms with Gasteiger partial charge in [-0.2, -0.15) is 0 Å². The zero-order chi connectivity index (χ0) is 17.2. The van der Waals surface area contributed by atoms with E-state index in [1.807, 2.05) is 0 Å². The van der Waals surface area contributed by atoms with Gasteiger partial charge >= 0.3 is 0 Å². The molecule has 25 heavy (non-hydrogen) atoms. The van der Waals surface area contributed by atoms with Crippen molar-refractivity contribution < 1.29 is 9.53 Å². The van der Waals surface area contributed by atoms with E-state index in [1.54, 1.807) is 14.2 Å². The first-order chi connectivity index (χ1) is 11.7. The number of rotatable bonds is 7. The molecule has 0 aromatic rings. The lowest BCUT2D eigenvalue weighted by molar-refractivity contribution is -0.137. The van der Waals surface area contributed by atoms with Crippen molar-refractivity contribution >= 4 is 35.8 Å². The summed E-state index contributed by atoms with van der Waals surface area (Å²) in [6, 6.07) is 0. The van der Waals surface area contributed by atoms with Crippen LogP contribution in [0.3, 0.4) is 0 Å². The van der Waals surface area contributed by atoms with E-state index < -0.39 is 0 Å². The van der Waals surface area contributed by atoms with Gasteiger partial charge < -0.3 is 20.3 Å². The Balaban J connectivity index is 0.00000312. The molecule has 1 aliphatic carbocycles. The molecule has 146 valence electrons. The highest BCUT2D eigenvalue weighted by Gasteiger charge is 2.29. The van der Waals surface area contributed by atoms with Gasteiger partial charge in [0.2, 0.25) is 5.91 Å². The highest BCUT2D eigenvalue weighted by Crippen LogP contribution is 2.26. The monoisotopic (exact) mass is 467 g/mol. The Morgan fingerprint density at radius 3 is 2.36 bits per heavy atom. The molecule has 7 nitrogen and oxygen atoms in total. The van der Waals surface area contributed by atoms with E-state index >= 15 is 0 Å². The molecule has 8 heteroatoms. The second kappa shape index (κ2) is 12.7. The van der Waals surface area contributed by atoms with E-state index in [2.05, 4.69) is 25.4 Å². The van der Waals surface area contributed by atoms with Gasteiger partial charge in [0.25, 0.3) is 0 Å². The number of hydrogen-bond acceptors (Lipinski definition) is 4. The molecule has 2 aliphatic rings. The third-order valence-corrected chi connectivity index (χ3v) is 4.93. The molecule has 2 fully saturated rings. The van der Waals surface area contributed by atoms with Crippen LogP contribution in [0.4, 0.5) is 0 Å². The number of halogens is 1. The highest BCUT2D eigenvalue weighted by molar-refractivity contribution is 14.0. The molecule has 1 aliphatic heterocycles. The number of hydrogen-bond donors (Lipinski definition) is 2. The predicted molar refractivity (Wildman–Crippen MR) is 112 cm³/mol. The lowest BCUT2D eigenvalue weighted by atomic mass is 10.1. The molecule has 1 heterocycles. The normalized spacial score (nSPS) is 19.6. The average Bonchev–Trinajstić information content (AvgIpc) is 3.15. The quantitative estimate of drug-likeness (QED) is 0.250. The standard InChI is InChI=1S/C17H33N5O2.HI/c1-18-17(20-8-14-24-2)19-7-9-21-10-12-22(13-11-21)16(23)15-5-3-4-6-15;/h15H,3-14H2,1-2H3,(H2,18,19,20);1H. The molecule has 2 N–H and O–H groups in total. The molecule has 0 spiro atoms. The Hall–Kier alpha value is -0.610. The van der Waals surface area contributed by atoms with Gasteiger partial charge in [-0.15, -0.1) is 24.0 Å². The zero-order valence-electron chi connectivity index (χ0n) is 15.6. The van der Waals surface area contributed by atoms with Crippen LogP contribution >= 0.6 is 24.0 Å². The van der Waals surface area contributed by atoms with Gasteiger partial charge in [-0.25, -0.2) is 0 Å². The topological polar surface area (TPSA) is 69.2 Å². The van der Waals surface area contributed by atoms with Crippen molar-refractivity contribution in [1.82, 2.24) is 20.4 Å². The van der Waals surface area contributed by atoms with Crippen molar-refractivity contribution in [1.29, 1.82) is 0 Å². The van der Waals surface area contributed by atoms with Gasteiger partial charge in [-0.05, 0) is 12.8 Å². The largest absolute Gasteiger partial charge is 0.383 e. The molecule has 0 unspecified atom stereocenters. The Bertz CT molecular complexity index is 408. The number of guanidine groups is 1. The van der Waals surface area contributed by atoms with Crippen LogP contribution in [0.1, 0.15) is 25.7 Å². The fourth-order valence-electron chi connectivity index (χ4n) is 3.45. The number of nitrogens with one attached hydrogen (secondary N) is 2. The summed E-state index contributed by atoms with van der Waals surface area (Å²) in [5, 5.41) is 6.52. The highest BCUT2D eigenvalue weighted by atomic mass is 127. The van der Waals surface area contributed by atoms with Crippen molar-refractivity contribution in [3.63, 3.8) is 0 Å². The summed E-state index contributed by atoms with van der Waals surface area (Å²) in [6.45, 7) is 6.91. The Kier molecular flexibility index (Phi) is 11.4. The van der Waals surface area contributed by atoms with Crippen LogP contribution in [0.5, 0.6) is 0 Å². The van der Waals surface area contributed by atoms with Crippen LogP contribution in [0, 0.1) is 5.92 Å². The molecule has 0 radical (unpaired) electrons. The van der Waals surface area contributed by atoms with Gasteiger partial charge in [0.15, 0.2) is 5.96 Å². The number of nitrogens with zero attached hydrogens (tertiary/aromatic N) is 3.